The van der Waals surface area contributed by atoms with E-state index >= 15 is 0 Å². The molecular formula is C16H22N2O5S. The summed E-state index contributed by atoms with van der Waals surface area (Å²) in [5, 5.41) is 13.7. The van der Waals surface area contributed by atoms with Crippen LogP contribution in [0.5, 0.6) is 0 Å². The number of benzene rings is 1. The van der Waals surface area contributed by atoms with Gasteiger partial charge in [0.05, 0.1) is 0 Å². The van der Waals surface area contributed by atoms with E-state index in [2.05, 4.69) is 10.6 Å². The van der Waals surface area contributed by atoms with Crippen molar-refractivity contribution in [1.29, 1.82) is 0 Å². The SMILES string of the molecule is CSCC[C@@H](NC(=O)OCc1ccccc1)C(=O)N[C@@H](C)C(=O)O. The number of amides is 2. The van der Waals surface area contributed by atoms with Crippen LogP contribution in [0, 0.1) is 0 Å². The second-order valence-corrected chi connectivity index (χ2v) is 6.09. The molecule has 132 valence electrons. The first kappa shape index (κ1) is 19.8. The highest BCUT2D eigenvalue weighted by atomic mass is 32.2. The molecule has 1 aromatic rings. The topological polar surface area (TPSA) is 105 Å². The molecule has 0 aliphatic carbocycles. The normalized spacial score (nSPS) is 12.8. The number of carbonyl (C=O) groups excluding carboxylic acids is 2. The van der Waals surface area contributed by atoms with Crippen molar-refractivity contribution >= 4 is 29.7 Å². The summed E-state index contributed by atoms with van der Waals surface area (Å²) >= 11 is 1.52. The monoisotopic (exact) mass is 354 g/mol. The average molecular weight is 354 g/mol. The number of carboxylic acids is 1. The lowest BCUT2D eigenvalue weighted by Gasteiger charge is -2.19. The minimum absolute atomic E-state index is 0.0923. The van der Waals surface area contributed by atoms with Crippen LogP contribution in [-0.4, -0.2) is 47.2 Å². The van der Waals surface area contributed by atoms with Crippen molar-refractivity contribution in [1.82, 2.24) is 10.6 Å². The standard InChI is InChI=1S/C16H22N2O5S/c1-11(15(20)21)17-14(19)13(8-9-24-2)18-16(22)23-10-12-6-4-3-5-7-12/h3-7,11,13H,8-10H2,1-2H3,(H,17,19)(H,18,22)(H,20,21)/t11-,13+/m0/s1. The Kier molecular flexibility index (Phi) is 8.70. The van der Waals surface area contributed by atoms with Crippen molar-refractivity contribution in [2.24, 2.45) is 0 Å². The maximum absolute atomic E-state index is 12.1. The summed E-state index contributed by atoms with van der Waals surface area (Å²) in [5.41, 5.74) is 0.831. The summed E-state index contributed by atoms with van der Waals surface area (Å²) in [6, 6.07) is 7.28. The van der Waals surface area contributed by atoms with Crippen molar-refractivity contribution in [2.45, 2.75) is 32.0 Å². The highest BCUT2D eigenvalue weighted by Gasteiger charge is 2.24. The van der Waals surface area contributed by atoms with Crippen LogP contribution >= 0.6 is 11.8 Å². The van der Waals surface area contributed by atoms with Crippen LogP contribution < -0.4 is 10.6 Å². The minimum Gasteiger partial charge on any atom is -0.480 e. The molecule has 0 saturated heterocycles. The molecule has 0 heterocycles. The number of nitrogens with one attached hydrogen (secondary N) is 2. The molecule has 0 aliphatic rings. The number of hydrogen-bond acceptors (Lipinski definition) is 5. The van der Waals surface area contributed by atoms with E-state index in [-0.39, 0.29) is 6.61 Å². The largest absolute Gasteiger partial charge is 0.480 e. The summed E-state index contributed by atoms with van der Waals surface area (Å²) < 4.78 is 5.09. The molecular weight excluding hydrogens is 332 g/mol. The van der Waals surface area contributed by atoms with Crippen molar-refractivity contribution in [2.75, 3.05) is 12.0 Å². The Labute approximate surface area is 145 Å². The Morgan fingerprint density at radius 2 is 1.88 bits per heavy atom. The van der Waals surface area contributed by atoms with Crippen LogP contribution in [0.15, 0.2) is 30.3 Å². The fourth-order valence-electron chi connectivity index (χ4n) is 1.79. The Balaban J connectivity index is 2.55. The number of thioether (sulfide) groups is 1. The predicted molar refractivity (Wildman–Crippen MR) is 91.8 cm³/mol. The maximum Gasteiger partial charge on any atom is 0.408 e. The fraction of sp³-hybridized carbons (Fsp3) is 0.438. The molecule has 2 atom stereocenters. The van der Waals surface area contributed by atoms with Gasteiger partial charge in [0.2, 0.25) is 5.91 Å². The maximum atomic E-state index is 12.1. The average Bonchev–Trinajstić information content (AvgIpc) is 2.57. The number of rotatable bonds is 9. The highest BCUT2D eigenvalue weighted by Crippen LogP contribution is 2.04. The van der Waals surface area contributed by atoms with Crippen LogP contribution in [0.25, 0.3) is 0 Å². The van der Waals surface area contributed by atoms with Crippen LogP contribution in [-0.2, 0) is 20.9 Å². The number of ether oxygens (including phenoxy) is 1. The van der Waals surface area contributed by atoms with E-state index in [0.717, 1.165) is 5.56 Å². The van der Waals surface area contributed by atoms with Crippen LogP contribution in [0.1, 0.15) is 18.9 Å². The van der Waals surface area contributed by atoms with Crippen molar-refractivity contribution in [3.05, 3.63) is 35.9 Å². The van der Waals surface area contributed by atoms with Gasteiger partial charge in [-0.2, -0.15) is 11.8 Å². The lowest BCUT2D eigenvalue weighted by Crippen LogP contribution is -2.51. The second-order valence-electron chi connectivity index (χ2n) is 5.11. The number of alkyl carbamates (subject to hydrolysis) is 1. The first-order valence-electron chi connectivity index (χ1n) is 7.43. The van der Waals surface area contributed by atoms with Crippen LogP contribution in [0.3, 0.4) is 0 Å². The summed E-state index contributed by atoms with van der Waals surface area (Å²) in [4.78, 5) is 34.8. The Morgan fingerprint density at radius 1 is 1.21 bits per heavy atom. The third-order valence-electron chi connectivity index (χ3n) is 3.16. The lowest BCUT2D eigenvalue weighted by atomic mass is 10.2. The van der Waals surface area contributed by atoms with Gasteiger partial charge >= 0.3 is 12.1 Å². The fourth-order valence-corrected chi connectivity index (χ4v) is 2.26. The number of aliphatic carboxylic acids is 1. The summed E-state index contributed by atoms with van der Waals surface area (Å²) in [7, 11) is 0. The van der Waals surface area contributed by atoms with Gasteiger partial charge in [0.15, 0.2) is 0 Å². The van der Waals surface area contributed by atoms with Gasteiger partial charge in [-0.1, -0.05) is 30.3 Å². The first-order chi connectivity index (χ1) is 11.4. The van der Waals surface area contributed by atoms with E-state index in [4.69, 9.17) is 9.84 Å². The molecule has 0 radical (unpaired) electrons. The molecule has 0 aliphatic heterocycles. The number of hydrogen-bond donors (Lipinski definition) is 3. The molecule has 1 aromatic carbocycles. The van der Waals surface area contributed by atoms with Crippen molar-refractivity contribution in [3.8, 4) is 0 Å². The molecule has 0 saturated carbocycles. The Morgan fingerprint density at radius 3 is 2.46 bits per heavy atom. The Bertz CT molecular complexity index is 553. The summed E-state index contributed by atoms with van der Waals surface area (Å²) in [5.74, 6) is -1.05. The smallest absolute Gasteiger partial charge is 0.408 e. The zero-order valence-corrected chi connectivity index (χ0v) is 14.5. The summed E-state index contributed by atoms with van der Waals surface area (Å²) in [6.45, 7) is 1.45. The van der Waals surface area contributed by atoms with E-state index < -0.39 is 30.1 Å². The molecule has 1 rings (SSSR count). The Hall–Kier alpha value is -2.22. The van der Waals surface area contributed by atoms with E-state index in [9.17, 15) is 14.4 Å². The molecule has 3 N–H and O–H groups in total. The molecule has 7 nitrogen and oxygen atoms in total. The molecule has 0 fully saturated rings. The van der Waals surface area contributed by atoms with Gasteiger partial charge in [-0.15, -0.1) is 0 Å². The van der Waals surface area contributed by atoms with Crippen LogP contribution in [0.2, 0.25) is 0 Å². The van der Waals surface area contributed by atoms with Crippen LogP contribution in [0.4, 0.5) is 4.79 Å². The van der Waals surface area contributed by atoms with Gasteiger partial charge in [0.1, 0.15) is 18.7 Å². The van der Waals surface area contributed by atoms with Gasteiger partial charge in [0.25, 0.3) is 0 Å². The molecule has 0 unspecified atom stereocenters. The second kappa shape index (κ2) is 10.5. The van der Waals surface area contributed by atoms with Gasteiger partial charge in [-0.25, -0.2) is 4.79 Å². The quantitative estimate of drug-likeness (QED) is 0.622. The van der Waals surface area contributed by atoms with E-state index in [1.807, 2.05) is 36.6 Å². The van der Waals surface area contributed by atoms with E-state index in [1.165, 1.54) is 18.7 Å². The lowest BCUT2D eigenvalue weighted by molar-refractivity contribution is -0.141. The molecule has 0 spiro atoms. The van der Waals surface area contributed by atoms with E-state index in [0.29, 0.717) is 12.2 Å². The predicted octanol–water partition coefficient (Wildman–Crippen LogP) is 1.62. The molecule has 0 bridgehead atoms. The molecule has 2 amide bonds. The van der Waals surface area contributed by atoms with Crippen molar-refractivity contribution < 1.29 is 24.2 Å². The summed E-state index contributed by atoms with van der Waals surface area (Å²) in [6.07, 6.45) is 1.53. The minimum atomic E-state index is -1.14. The van der Waals surface area contributed by atoms with Gasteiger partial charge in [-0.3, -0.25) is 9.59 Å². The highest BCUT2D eigenvalue weighted by molar-refractivity contribution is 7.98. The van der Waals surface area contributed by atoms with Gasteiger partial charge in [-0.05, 0) is 30.9 Å². The van der Waals surface area contributed by atoms with Gasteiger partial charge in [0, 0.05) is 0 Å². The zero-order chi connectivity index (χ0) is 17.9. The number of carboxylic acid groups (broad SMARTS) is 1. The third kappa shape index (κ3) is 7.36. The van der Waals surface area contributed by atoms with Crippen molar-refractivity contribution in [3.63, 3.8) is 0 Å². The van der Waals surface area contributed by atoms with E-state index in [1.54, 1.807) is 0 Å². The third-order valence-corrected chi connectivity index (χ3v) is 3.81. The number of carbonyl (C=O) groups is 3. The molecule has 8 heteroatoms. The zero-order valence-electron chi connectivity index (χ0n) is 13.7. The molecule has 24 heavy (non-hydrogen) atoms. The molecule has 0 aromatic heterocycles. The van der Waals surface area contributed by atoms with Gasteiger partial charge < -0.3 is 20.5 Å². The first-order valence-corrected chi connectivity index (χ1v) is 8.82.